The fourth-order valence-electron chi connectivity index (χ4n) is 1.77. The fraction of sp³-hybridized carbons (Fsp3) is 0.0714. The van der Waals surface area contributed by atoms with Crippen LogP contribution in [0, 0.1) is 0 Å². The predicted molar refractivity (Wildman–Crippen MR) is 71.5 cm³/mol. The molecule has 90 valence electrons. The number of aromatic nitrogens is 1. The van der Waals surface area contributed by atoms with E-state index in [1.165, 1.54) is 11.3 Å². The second kappa shape index (κ2) is 4.38. The first kappa shape index (κ1) is 11.2. The van der Waals surface area contributed by atoms with Gasteiger partial charge in [-0.05, 0) is 23.8 Å². The summed E-state index contributed by atoms with van der Waals surface area (Å²) in [6.07, 6.45) is 0. The van der Waals surface area contributed by atoms with Gasteiger partial charge in [-0.25, -0.2) is 9.37 Å². The first-order valence-electron chi connectivity index (χ1n) is 5.51. The van der Waals surface area contributed by atoms with Gasteiger partial charge in [-0.2, -0.15) is 0 Å². The van der Waals surface area contributed by atoms with E-state index < -0.39 is 6.67 Å². The number of benzene rings is 2. The Morgan fingerprint density at radius 1 is 1.11 bits per heavy atom. The lowest BCUT2D eigenvalue weighted by Crippen LogP contribution is -1.79. The summed E-state index contributed by atoms with van der Waals surface area (Å²) in [5, 5.41) is 10.3. The molecule has 0 radical (unpaired) electrons. The maximum absolute atomic E-state index is 12.4. The van der Waals surface area contributed by atoms with Crippen molar-refractivity contribution < 1.29 is 9.50 Å². The van der Waals surface area contributed by atoms with Crippen molar-refractivity contribution >= 4 is 21.6 Å². The van der Waals surface area contributed by atoms with Gasteiger partial charge in [0.15, 0.2) is 0 Å². The molecule has 0 aliphatic rings. The van der Waals surface area contributed by atoms with E-state index in [1.54, 1.807) is 30.3 Å². The molecule has 0 amide bonds. The topological polar surface area (TPSA) is 33.1 Å². The van der Waals surface area contributed by atoms with Crippen LogP contribution in [0.2, 0.25) is 0 Å². The largest absolute Gasteiger partial charge is 0.508 e. The lowest BCUT2D eigenvalue weighted by molar-refractivity contribution is 0.476. The van der Waals surface area contributed by atoms with E-state index in [0.29, 0.717) is 5.56 Å². The van der Waals surface area contributed by atoms with Crippen LogP contribution < -0.4 is 0 Å². The van der Waals surface area contributed by atoms with E-state index in [9.17, 15) is 9.50 Å². The minimum Gasteiger partial charge on any atom is -0.508 e. The van der Waals surface area contributed by atoms with Crippen molar-refractivity contribution in [1.82, 2.24) is 4.98 Å². The number of phenolic OH excluding ortho intramolecular Hbond substituents is 1. The van der Waals surface area contributed by atoms with Crippen LogP contribution in [-0.4, -0.2) is 10.1 Å². The first-order valence-corrected chi connectivity index (χ1v) is 6.33. The van der Waals surface area contributed by atoms with E-state index in [0.717, 1.165) is 20.8 Å². The fourth-order valence-corrected chi connectivity index (χ4v) is 2.78. The predicted octanol–water partition coefficient (Wildman–Crippen LogP) is 4.14. The smallest absolute Gasteiger partial charge is 0.124 e. The molecule has 2 aromatic carbocycles. The van der Waals surface area contributed by atoms with Gasteiger partial charge >= 0.3 is 0 Å². The summed E-state index contributed by atoms with van der Waals surface area (Å²) >= 11 is 1.51. The molecule has 0 bridgehead atoms. The number of hydrogen-bond acceptors (Lipinski definition) is 3. The molecular weight excluding hydrogens is 249 g/mol. The van der Waals surface area contributed by atoms with Crippen molar-refractivity contribution in [2.24, 2.45) is 0 Å². The number of phenols is 1. The van der Waals surface area contributed by atoms with Crippen LogP contribution in [0.25, 0.3) is 20.8 Å². The number of halogens is 1. The van der Waals surface area contributed by atoms with E-state index >= 15 is 0 Å². The third-order valence-electron chi connectivity index (χ3n) is 2.73. The van der Waals surface area contributed by atoms with Crippen LogP contribution in [0.4, 0.5) is 4.39 Å². The molecule has 18 heavy (non-hydrogen) atoms. The highest BCUT2D eigenvalue weighted by atomic mass is 32.1. The third-order valence-corrected chi connectivity index (χ3v) is 3.79. The quantitative estimate of drug-likeness (QED) is 0.750. The highest BCUT2D eigenvalue weighted by molar-refractivity contribution is 7.21. The molecular formula is C14H10FNOS. The number of hydrogen-bond donors (Lipinski definition) is 1. The number of nitrogens with zero attached hydrogens (tertiary/aromatic N) is 1. The average Bonchev–Trinajstić information content (AvgIpc) is 2.81. The van der Waals surface area contributed by atoms with Crippen LogP contribution in [0.1, 0.15) is 5.56 Å². The zero-order valence-corrected chi connectivity index (χ0v) is 10.2. The number of rotatable bonds is 2. The van der Waals surface area contributed by atoms with Gasteiger partial charge in [-0.15, -0.1) is 11.3 Å². The van der Waals surface area contributed by atoms with Gasteiger partial charge in [0, 0.05) is 5.56 Å². The Morgan fingerprint density at radius 3 is 2.61 bits per heavy atom. The van der Waals surface area contributed by atoms with Crippen LogP contribution in [-0.2, 0) is 6.67 Å². The van der Waals surface area contributed by atoms with Crippen LogP contribution >= 0.6 is 11.3 Å². The van der Waals surface area contributed by atoms with Gasteiger partial charge in [0.05, 0.1) is 10.2 Å². The SMILES string of the molecule is Oc1ccc2nc(-c3ccc(CF)cc3)sc2c1. The second-order valence-corrected chi connectivity index (χ2v) is 5.03. The van der Waals surface area contributed by atoms with Gasteiger partial charge in [0.1, 0.15) is 17.4 Å². The van der Waals surface area contributed by atoms with E-state index in [4.69, 9.17) is 0 Å². The third kappa shape index (κ3) is 1.95. The molecule has 0 spiro atoms. The molecule has 0 saturated carbocycles. The first-order chi connectivity index (χ1) is 8.76. The summed E-state index contributed by atoms with van der Waals surface area (Å²) in [5.41, 5.74) is 2.49. The Morgan fingerprint density at radius 2 is 1.89 bits per heavy atom. The number of thiazole rings is 1. The summed E-state index contributed by atoms with van der Waals surface area (Å²) in [6.45, 7) is -0.450. The van der Waals surface area contributed by atoms with Crippen molar-refractivity contribution in [2.75, 3.05) is 0 Å². The standard InChI is InChI=1S/C14H10FNOS/c15-8-9-1-3-10(4-2-9)14-16-12-6-5-11(17)7-13(12)18-14/h1-7,17H,8H2. The van der Waals surface area contributed by atoms with Crippen LogP contribution in [0.5, 0.6) is 5.75 Å². The molecule has 1 aromatic heterocycles. The number of alkyl halides is 1. The van der Waals surface area contributed by atoms with Crippen molar-refractivity contribution in [3.63, 3.8) is 0 Å². The molecule has 0 fully saturated rings. The Labute approximate surface area is 107 Å². The zero-order valence-electron chi connectivity index (χ0n) is 9.43. The maximum atomic E-state index is 12.4. The molecule has 0 atom stereocenters. The highest BCUT2D eigenvalue weighted by Crippen LogP contribution is 2.32. The maximum Gasteiger partial charge on any atom is 0.124 e. The number of aromatic hydroxyl groups is 1. The Bertz CT molecular complexity index is 691. The van der Waals surface area contributed by atoms with Crippen molar-refractivity contribution in [2.45, 2.75) is 6.67 Å². The molecule has 0 saturated heterocycles. The summed E-state index contributed by atoms with van der Waals surface area (Å²) < 4.78 is 13.4. The molecule has 3 aromatic rings. The molecule has 0 unspecified atom stereocenters. The second-order valence-electron chi connectivity index (χ2n) is 4.00. The Hall–Kier alpha value is -1.94. The Balaban J connectivity index is 2.07. The number of fused-ring (bicyclic) bond motifs is 1. The lowest BCUT2D eigenvalue weighted by atomic mass is 10.1. The molecule has 4 heteroatoms. The molecule has 0 aliphatic heterocycles. The Kier molecular flexibility index (Phi) is 2.72. The molecule has 2 nitrogen and oxygen atoms in total. The monoisotopic (exact) mass is 259 g/mol. The highest BCUT2D eigenvalue weighted by Gasteiger charge is 2.06. The summed E-state index contributed by atoms with van der Waals surface area (Å²) in [5.74, 6) is 0.241. The van der Waals surface area contributed by atoms with E-state index in [-0.39, 0.29) is 5.75 Å². The minimum atomic E-state index is -0.450. The normalized spacial score (nSPS) is 10.9. The van der Waals surface area contributed by atoms with Gasteiger partial charge in [-0.3, -0.25) is 0 Å². The van der Waals surface area contributed by atoms with Gasteiger partial charge < -0.3 is 5.11 Å². The minimum absolute atomic E-state index is 0.241. The van der Waals surface area contributed by atoms with E-state index in [1.807, 2.05) is 12.1 Å². The summed E-state index contributed by atoms with van der Waals surface area (Å²) in [6, 6.07) is 12.4. The van der Waals surface area contributed by atoms with Gasteiger partial charge in [-0.1, -0.05) is 24.3 Å². The lowest BCUT2D eigenvalue weighted by Gasteiger charge is -1.97. The van der Waals surface area contributed by atoms with E-state index in [2.05, 4.69) is 4.98 Å². The molecule has 1 N–H and O–H groups in total. The molecule has 0 aliphatic carbocycles. The van der Waals surface area contributed by atoms with Crippen LogP contribution in [0.3, 0.4) is 0 Å². The van der Waals surface area contributed by atoms with Gasteiger partial charge in [0.2, 0.25) is 0 Å². The van der Waals surface area contributed by atoms with Gasteiger partial charge in [0.25, 0.3) is 0 Å². The summed E-state index contributed by atoms with van der Waals surface area (Å²) in [7, 11) is 0. The molecule has 1 heterocycles. The molecule has 3 rings (SSSR count). The van der Waals surface area contributed by atoms with Crippen molar-refractivity contribution in [3.05, 3.63) is 48.0 Å². The van der Waals surface area contributed by atoms with Crippen molar-refractivity contribution in [1.29, 1.82) is 0 Å². The van der Waals surface area contributed by atoms with Crippen molar-refractivity contribution in [3.8, 4) is 16.3 Å². The van der Waals surface area contributed by atoms with Crippen LogP contribution in [0.15, 0.2) is 42.5 Å². The zero-order chi connectivity index (χ0) is 12.5. The average molecular weight is 259 g/mol. The summed E-state index contributed by atoms with van der Waals surface area (Å²) in [4.78, 5) is 4.49.